The number of benzene rings is 1. The van der Waals surface area contributed by atoms with E-state index < -0.39 is 0 Å². The first kappa shape index (κ1) is 21.5. The van der Waals surface area contributed by atoms with Crippen LogP contribution in [0.4, 0.5) is 5.69 Å². The molecule has 0 radical (unpaired) electrons. The molecule has 0 spiro atoms. The number of nitrogens with one attached hydrogen (secondary N) is 2. The van der Waals surface area contributed by atoms with Crippen LogP contribution < -0.4 is 20.3 Å². The summed E-state index contributed by atoms with van der Waals surface area (Å²) in [6.45, 7) is 3.96. The second-order valence-electron chi connectivity index (χ2n) is 6.05. The van der Waals surface area contributed by atoms with E-state index in [-0.39, 0.29) is 30.0 Å². The molecule has 1 aliphatic rings. The smallest absolute Gasteiger partial charge is 0.246 e. The number of anilines is 1. The Balaban J connectivity index is 0.00000261. The molecule has 3 rings (SSSR count). The van der Waals surface area contributed by atoms with Gasteiger partial charge in [0.15, 0.2) is 11.8 Å². The van der Waals surface area contributed by atoms with Crippen LogP contribution in [0.5, 0.6) is 5.75 Å². The van der Waals surface area contributed by atoms with Gasteiger partial charge in [-0.2, -0.15) is 4.98 Å². The van der Waals surface area contributed by atoms with Crippen LogP contribution in [0.3, 0.4) is 0 Å². The molecule has 0 saturated carbocycles. The van der Waals surface area contributed by atoms with Crippen LogP contribution in [-0.4, -0.2) is 49.4 Å². The van der Waals surface area contributed by atoms with Crippen molar-refractivity contribution in [1.82, 2.24) is 20.8 Å². The van der Waals surface area contributed by atoms with Crippen molar-refractivity contribution in [2.45, 2.75) is 25.9 Å². The number of hydrogen-bond donors (Lipinski definition) is 2. The third-order valence-corrected chi connectivity index (χ3v) is 4.45. The molecule has 0 amide bonds. The van der Waals surface area contributed by atoms with Gasteiger partial charge in [-0.3, -0.25) is 4.99 Å². The highest BCUT2D eigenvalue weighted by Crippen LogP contribution is 2.33. The predicted octanol–water partition coefficient (Wildman–Crippen LogP) is 2.60. The zero-order chi connectivity index (χ0) is 18.5. The molecular formula is C17H24ClIN6O2. The zero-order valence-electron chi connectivity index (χ0n) is 15.5. The molecule has 8 nitrogen and oxygen atoms in total. The summed E-state index contributed by atoms with van der Waals surface area (Å²) in [5.41, 5.74) is 1.01. The van der Waals surface area contributed by atoms with E-state index in [1.165, 1.54) is 0 Å². The first-order chi connectivity index (χ1) is 12.6. The molecule has 1 atom stereocenters. The lowest BCUT2D eigenvalue weighted by Crippen LogP contribution is -2.44. The Morgan fingerprint density at radius 3 is 2.96 bits per heavy atom. The highest BCUT2D eigenvalue weighted by molar-refractivity contribution is 14.0. The molecule has 1 aliphatic heterocycles. The third kappa shape index (κ3) is 5.61. The lowest BCUT2D eigenvalue weighted by molar-refractivity contribution is 0.371. The standard InChI is InChI=1S/C17H23ClN6O2.HI/c1-11-21-16(26-23-11)9-20-17(19-2)22-13-6-7-24(10-13)14-8-12(18)4-5-15(14)25-3;/h4-5,8,13H,6-7,9-10H2,1-3H3,(H2,19,20,22);1H. The number of aryl methyl sites for hydroxylation is 1. The van der Waals surface area contributed by atoms with Crippen molar-refractivity contribution in [1.29, 1.82) is 0 Å². The molecule has 1 fully saturated rings. The summed E-state index contributed by atoms with van der Waals surface area (Å²) in [6.07, 6.45) is 0.982. The molecule has 2 aromatic rings. The van der Waals surface area contributed by atoms with Gasteiger partial charge in [0.25, 0.3) is 0 Å². The molecule has 10 heteroatoms. The van der Waals surface area contributed by atoms with Gasteiger partial charge in [0, 0.05) is 31.2 Å². The van der Waals surface area contributed by atoms with Crippen molar-refractivity contribution in [2.24, 2.45) is 4.99 Å². The third-order valence-electron chi connectivity index (χ3n) is 4.21. The van der Waals surface area contributed by atoms with Crippen molar-refractivity contribution >= 4 is 47.2 Å². The fraction of sp³-hybridized carbons (Fsp3) is 0.471. The molecule has 2 N–H and O–H groups in total. The molecule has 0 aliphatic carbocycles. The summed E-state index contributed by atoms with van der Waals surface area (Å²) < 4.78 is 10.6. The Labute approximate surface area is 180 Å². The van der Waals surface area contributed by atoms with Crippen molar-refractivity contribution in [3.8, 4) is 5.75 Å². The van der Waals surface area contributed by atoms with Crippen molar-refractivity contribution < 1.29 is 9.26 Å². The van der Waals surface area contributed by atoms with Crippen LogP contribution in [0.1, 0.15) is 18.1 Å². The minimum absolute atomic E-state index is 0. The largest absolute Gasteiger partial charge is 0.495 e. The monoisotopic (exact) mass is 506 g/mol. The predicted molar refractivity (Wildman–Crippen MR) is 116 cm³/mol. The zero-order valence-corrected chi connectivity index (χ0v) is 18.6. The number of rotatable bonds is 5. The molecule has 1 aromatic heterocycles. The number of aromatic nitrogens is 2. The number of hydrogen-bond acceptors (Lipinski definition) is 6. The second kappa shape index (κ2) is 9.98. The SMILES string of the molecule is CN=C(NCc1nc(C)no1)NC1CCN(c2cc(Cl)ccc2OC)C1.I. The van der Waals surface area contributed by atoms with Crippen molar-refractivity contribution in [3.05, 3.63) is 34.9 Å². The Hall–Kier alpha value is -1.75. The minimum Gasteiger partial charge on any atom is -0.495 e. The van der Waals surface area contributed by atoms with Crippen LogP contribution in [0.25, 0.3) is 0 Å². The van der Waals surface area contributed by atoms with E-state index in [1.807, 2.05) is 18.2 Å². The summed E-state index contributed by atoms with van der Waals surface area (Å²) >= 11 is 6.15. The Morgan fingerprint density at radius 2 is 2.30 bits per heavy atom. The first-order valence-electron chi connectivity index (χ1n) is 8.44. The molecule has 27 heavy (non-hydrogen) atoms. The van der Waals surface area contributed by atoms with Crippen molar-refractivity contribution in [2.75, 3.05) is 32.1 Å². The van der Waals surface area contributed by atoms with E-state index in [0.717, 1.165) is 30.9 Å². The van der Waals surface area contributed by atoms with Gasteiger partial charge < -0.3 is 24.8 Å². The average molecular weight is 507 g/mol. The first-order valence-corrected chi connectivity index (χ1v) is 8.81. The maximum Gasteiger partial charge on any atom is 0.246 e. The van der Waals surface area contributed by atoms with Crippen LogP contribution in [-0.2, 0) is 6.54 Å². The summed E-state index contributed by atoms with van der Waals surface area (Å²) in [5, 5.41) is 11.1. The Bertz CT molecular complexity index is 785. The lowest BCUT2D eigenvalue weighted by Gasteiger charge is -2.22. The average Bonchev–Trinajstić information content (AvgIpc) is 3.27. The lowest BCUT2D eigenvalue weighted by atomic mass is 10.2. The number of ether oxygens (including phenoxy) is 1. The van der Waals surface area contributed by atoms with Gasteiger partial charge in [-0.15, -0.1) is 24.0 Å². The number of nitrogens with zero attached hydrogens (tertiary/aromatic N) is 4. The summed E-state index contributed by atoms with van der Waals surface area (Å²) in [6, 6.07) is 5.93. The van der Waals surface area contributed by atoms with Crippen LogP contribution in [0.2, 0.25) is 5.02 Å². The Kier molecular flexibility index (Phi) is 7.96. The summed E-state index contributed by atoms with van der Waals surface area (Å²) in [7, 11) is 3.41. The maximum absolute atomic E-state index is 6.15. The highest BCUT2D eigenvalue weighted by atomic mass is 127. The fourth-order valence-corrected chi connectivity index (χ4v) is 3.13. The number of aliphatic imine (C=N–C) groups is 1. The molecule has 1 aromatic carbocycles. The maximum atomic E-state index is 6.15. The quantitative estimate of drug-likeness (QED) is 0.366. The van der Waals surface area contributed by atoms with E-state index in [1.54, 1.807) is 21.1 Å². The fourth-order valence-electron chi connectivity index (χ4n) is 2.97. The van der Waals surface area contributed by atoms with Gasteiger partial charge in [0.2, 0.25) is 5.89 Å². The Morgan fingerprint density at radius 1 is 1.48 bits per heavy atom. The molecule has 1 saturated heterocycles. The second-order valence-corrected chi connectivity index (χ2v) is 6.49. The van der Waals surface area contributed by atoms with Gasteiger partial charge in [-0.05, 0) is 31.5 Å². The molecule has 2 heterocycles. The van der Waals surface area contributed by atoms with Gasteiger partial charge in [0.1, 0.15) is 5.75 Å². The number of guanidine groups is 1. The van der Waals surface area contributed by atoms with E-state index in [2.05, 4.69) is 30.7 Å². The van der Waals surface area contributed by atoms with E-state index in [4.69, 9.17) is 20.9 Å². The van der Waals surface area contributed by atoms with Gasteiger partial charge in [0.05, 0.1) is 19.3 Å². The van der Waals surface area contributed by atoms with E-state index in [9.17, 15) is 0 Å². The summed E-state index contributed by atoms with van der Waals surface area (Å²) in [4.78, 5) is 10.7. The number of halogens is 2. The normalized spacial score (nSPS) is 16.8. The topological polar surface area (TPSA) is 87.8 Å². The molecule has 148 valence electrons. The van der Waals surface area contributed by atoms with E-state index >= 15 is 0 Å². The summed E-state index contributed by atoms with van der Waals surface area (Å²) in [5.74, 6) is 2.67. The van der Waals surface area contributed by atoms with Gasteiger partial charge in [-0.1, -0.05) is 16.8 Å². The van der Waals surface area contributed by atoms with E-state index in [0.29, 0.717) is 29.2 Å². The van der Waals surface area contributed by atoms with Gasteiger partial charge >= 0.3 is 0 Å². The van der Waals surface area contributed by atoms with Crippen LogP contribution in [0, 0.1) is 6.92 Å². The van der Waals surface area contributed by atoms with Crippen LogP contribution >= 0.6 is 35.6 Å². The van der Waals surface area contributed by atoms with Gasteiger partial charge in [-0.25, -0.2) is 0 Å². The number of methoxy groups -OCH3 is 1. The minimum atomic E-state index is 0. The molecule has 0 bridgehead atoms. The van der Waals surface area contributed by atoms with Crippen molar-refractivity contribution in [3.63, 3.8) is 0 Å². The van der Waals surface area contributed by atoms with Crippen LogP contribution in [0.15, 0.2) is 27.7 Å². The molecular weight excluding hydrogens is 483 g/mol. The highest BCUT2D eigenvalue weighted by Gasteiger charge is 2.25. The molecule has 1 unspecified atom stereocenters.